The molecule has 0 amide bonds. The molecule has 0 atom stereocenters. The Kier molecular flexibility index (Phi) is 2.90. The summed E-state index contributed by atoms with van der Waals surface area (Å²) in [5.74, 6) is 0. The Hall–Kier alpha value is -1.86. The maximum atomic E-state index is 10.8. The highest BCUT2D eigenvalue weighted by molar-refractivity contribution is 6.61. The second kappa shape index (κ2) is 4.32. The zero-order chi connectivity index (χ0) is 15.4. The van der Waals surface area contributed by atoms with Gasteiger partial charge in [-0.1, -0.05) is 0 Å². The molecule has 0 spiro atoms. The van der Waals surface area contributed by atoms with Gasteiger partial charge >= 0.3 is 7.12 Å². The van der Waals surface area contributed by atoms with Crippen molar-refractivity contribution < 1.29 is 14.2 Å². The summed E-state index contributed by atoms with van der Waals surface area (Å²) in [6.07, 6.45) is 0. The van der Waals surface area contributed by atoms with Crippen molar-refractivity contribution in [2.75, 3.05) is 0 Å². The van der Waals surface area contributed by atoms with E-state index in [9.17, 15) is 10.1 Å². The number of aromatic amines is 1. The number of nitrogens with one attached hydrogen (secondary N) is 1. The first-order chi connectivity index (χ1) is 9.69. The molecule has 2 aromatic rings. The van der Waals surface area contributed by atoms with E-state index in [2.05, 4.69) is 4.98 Å². The van der Waals surface area contributed by atoms with Crippen LogP contribution in [0, 0.1) is 10.1 Å². The van der Waals surface area contributed by atoms with Gasteiger partial charge in [0.2, 0.25) is 0 Å². The van der Waals surface area contributed by atoms with Gasteiger partial charge in [-0.25, -0.2) is 0 Å². The van der Waals surface area contributed by atoms with E-state index in [0.717, 1.165) is 16.5 Å². The van der Waals surface area contributed by atoms with Crippen LogP contribution in [-0.2, 0) is 9.31 Å². The molecule has 6 nitrogen and oxygen atoms in total. The summed E-state index contributed by atoms with van der Waals surface area (Å²) in [6, 6.07) is 6.56. The monoisotopic (exact) mass is 288 g/mol. The average molecular weight is 288 g/mol. The Balaban J connectivity index is 1.97. The summed E-state index contributed by atoms with van der Waals surface area (Å²) in [6.45, 7) is 7.95. The van der Waals surface area contributed by atoms with Gasteiger partial charge in [0.05, 0.1) is 16.1 Å². The molecule has 1 N–H and O–H groups in total. The standard InChI is InChI=1S/C14H17BN2O4/c1-13(2)14(3,4)21-15(20-13)12-8-9-7-10(17(18)19)5-6-11(9)16-12/h5-8,16H,1-4H3. The third-order valence-corrected chi connectivity index (χ3v) is 4.34. The maximum Gasteiger partial charge on any atom is 0.512 e. The van der Waals surface area contributed by atoms with Crippen LogP contribution in [0.4, 0.5) is 5.69 Å². The summed E-state index contributed by atoms with van der Waals surface area (Å²) in [5.41, 5.74) is 0.832. The van der Waals surface area contributed by atoms with E-state index in [1.165, 1.54) is 6.07 Å². The fraction of sp³-hybridized carbons (Fsp3) is 0.429. The first-order valence-electron chi connectivity index (χ1n) is 6.82. The van der Waals surface area contributed by atoms with Crippen LogP contribution in [0.5, 0.6) is 0 Å². The molecule has 110 valence electrons. The van der Waals surface area contributed by atoms with E-state index in [0.29, 0.717) is 0 Å². The number of nitro groups is 1. The zero-order valence-corrected chi connectivity index (χ0v) is 12.5. The lowest BCUT2D eigenvalue weighted by Crippen LogP contribution is -2.41. The SMILES string of the molecule is CC1(C)OB(c2cc3cc([N+](=O)[O-])ccc3[nH]2)OC1(C)C. The van der Waals surface area contributed by atoms with Crippen LogP contribution in [0.3, 0.4) is 0 Å². The molecule has 3 rings (SSSR count). The minimum absolute atomic E-state index is 0.0713. The van der Waals surface area contributed by atoms with E-state index in [1.807, 2.05) is 33.8 Å². The summed E-state index contributed by atoms with van der Waals surface area (Å²) in [4.78, 5) is 13.6. The number of H-pyrrole nitrogens is 1. The molecule has 0 saturated carbocycles. The second-order valence-electron chi connectivity index (χ2n) is 6.34. The molecule has 7 heteroatoms. The Morgan fingerprint density at radius 2 is 1.76 bits per heavy atom. The lowest BCUT2D eigenvalue weighted by molar-refractivity contribution is -0.384. The Labute approximate surface area is 122 Å². The Morgan fingerprint density at radius 3 is 2.33 bits per heavy atom. The normalized spacial score (nSPS) is 20.1. The lowest BCUT2D eigenvalue weighted by atomic mass is 9.85. The van der Waals surface area contributed by atoms with E-state index in [4.69, 9.17) is 9.31 Å². The summed E-state index contributed by atoms with van der Waals surface area (Å²) >= 11 is 0. The fourth-order valence-electron chi connectivity index (χ4n) is 2.35. The van der Waals surface area contributed by atoms with Gasteiger partial charge < -0.3 is 14.3 Å². The third kappa shape index (κ3) is 2.22. The van der Waals surface area contributed by atoms with Crippen molar-refractivity contribution in [3.8, 4) is 0 Å². The van der Waals surface area contributed by atoms with Crippen LogP contribution in [-0.4, -0.2) is 28.2 Å². The van der Waals surface area contributed by atoms with Gasteiger partial charge in [0.1, 0.15) is 0 Å². The minimum atomic E-state index is -0.499. The molecule has 1 aromatic heterocycles. The molecule has 0 unspecified atom stereocenters. The zero-order valence-electron chi connectivity index (χ0n) is 12.5. The third-order valence-electron chi connectivity index (χ3n) is 4.34. The number of aromatic nitrogens is 1. The van der Waals surface area contributed by atoms with Crippen LogP contribution in [0.25, 0.3) is 10.9 Å². The summed E-state index contributed by atoms with van der Waals surface area (Å²) in [7, 11) is -0.499. The van der Waals surface area contributed by atoms with E-state index in [-0.39, 0.29) is 5.69 Å². The van der Waals surface area contributed by atoms with Crippen molar-refractivity contribution in [2.24, 2.45) is 0 Å². The van der Waals surface area contributed by atoms with Crippen molar-refractivity contribution in [3.63, 3.8) is 0 Å². The number of non-ortho nitro benzene ring substituents is 1. The number of nitro benzene ring substituents is 1. The molecule has 1 aromatic carbocycles. The van der Waals surface area contributed by atoms with Crippen LogP contribution < -0.4 is 5.59 Å². The number of hydrogen-bond acceptors (Lipinski definition) is 4. The van der Waals surface area contributed by atoms with Gasteiger partial charge in [0, 0.05) is 28.6 Å². The molecule has 1 aliphatic rings. The molecule has 0 aliphatic carbocycles. The number of benzene rings is 1. The molecule has 1 saturated heterocycles. The van der Waals surface area contributed by atoms with Gasteiger partial charge in [-0.3, -0.25) is 10.1 Å². The second-order valence-corrected chi connectivity index (χ2v) is 6.34. The number of hydrogen-bond donors (Lipinski definition) is 1. The quantitative estimate of drug-likeness (QED) is 0.523. The van der Waals surface area contributed by atoms with Crippen molar-refractivity contribution in [1.82, 2.24) is 4.98 Å². The van der Waals surface area contributed by atoms with Gasteiger partial charge in [-0.15, -0.1) is 0 Å². The number of fused-ring (bicyclic) bond motifs is 1. The van der Waals surface area contributed by atoms with Crippen molar-refractivity contribution >= 4 is 29.3 Å². The highest BCUT2D eigenvalue weighted by Gasteiger charge is 2.52. The lowest BCUT2D eigenvalue weighted by Gasteiger charge is -2.32. The molecular formula is C14H17BN2O4. The van der Waals surface area contributed by atoms with Gasteiger partial charge in [0.15, 0.2) is 0 Å². The molecule has 1 aliphatic heterocycles. The van der Waals surface area contributed by atoms with E-state index >= 15 is 0 Å². The molecule has 1 fully saturated rings. The minimum Gasteiger partial charge on any atom is -0.398 e. The summed E-state index contributed by atoms with van der Waals surface area (Å²) in [5, 5.41) is 11.6. The van der Waals surface area contributed by atoms with Crippen LogP contribution >= 0.6 is 0 Å². The highest BCUT2D eigenvalue weighted by atomic mass is 16.7. The molecule has 21 heavy (non-hydrogen) atoms. The van der Waals surface area contributed by atoms with Gasteiger partial charge in [-0.2, -0.15) is 0 Å². The summed E-state index contributed by atoms with van der Waals surface area (Å²) < 4.78 is 11.9. The Morgan fingerprint density at radius 1 is 1.14 bits per heavy atom. The molecule has 0 bridgehead atoms. The largest absolute Gasteiger partial charge is 0.512 e. The van der Waals surface area contributed by atoms with Crippen molar-refractivity contribution in [2.45, 2.75) is 38.9 Å². The van der Waals surface area contributed by atoms with Crippen molar-refractivity contribution in [3.05, 3.63) is 34.4 Å². The van der Waals surface area contributed by atoms with E-state index in [1.54, 1.807) is 12.1 Å². The van der Waals surface area contributed by atoms with Gasteiger partial charge in [0.25, 0.3) is 5.69 Å². The predicted molar refractivity (Wildman–Crippen MR) is 80.7 cm³/mol. The molecule has 2 heterocycles. The predicted octanol–water partition coefficient (Wildman–Crippen LogP) is 2.38. The average Bonchev–Trinajstić information content (AvgIpc) is 2.87. The maximum absolute atomic E-state index is 10.8. The van der Waals surface area contributed by atoms with Crippen LogP contribution in [0.15, 0.2) is 24.3 Å². The van der Waals surface area contributed by atoms with Crippen LogP contribution in [0.1, 0.15) is 27.7 Å². The fourth-order valence-corrected chi connectivity index (χ4v) is 2.35. The van der Waals surface area contributed by atoms with E-state index < -0.39 is 23.2 Å². The first kappa shape index (κ1) is 14.1. The smallest absolute Gasteiger partial charge is 0.398 e. The van der Waals surface area contributed by atoms with Crippen LogP contribution in [0.2, 0.25) is 0 Å². The van der Waals surface area contributed by atoms with Gasteiger partial charge in [-0.05, 0) is 39.8 Å². The highest BCUT2D eigenvalue weighted by Crippen LogP contribution is 2.36. The molecular weight excluding hydrogens is 271 g/mol. The molecule has 0 radical (unpaired) electrons. The topological polar surface area (TPSA) is 77.4 Å². The Bertz CT molecular complexity index is 707. The van der Waals surface area contributed by atoms with Crippen molar-refractivity contribution in [1.29, 1.82) is 0 Å². The first-order valence-corrected chi connectivity index (χ1v) is 6.82. The number of nitrogens with zero attached hydrogens (tertiary/aromatic N) is 1. The number of rotatable bonds is 2.